The van der Waals surface area contributed by atoms with Gasteiger partial charge in [0, 0.05) is 5.70 Å². The molecule has 1 aliphatic rings. The summed E-state index contributed by atoms with van der Waals surface area (Å²) in [6.07, 6.45) is 8.01. The second-order valence-electron chi connectivity index (χ2n) is 9.81. The molecule has 0 radical (unpaired) electrons. The van der Waals surface area contributed by atoms with Crippen LogP contribution in [0.1, 0.15) is 29.7 Å². The van der Waals surface area contributed by atoms with Gasteiger partial charge < -0.3 is 15.2 Å². The molecule has 1 aliphatic heterocycles. The largest absolute Gasteiger partial charge is 0.480 e. The molecular weight excluding hydrogens is 844 g/mol. The molecule has 0 saturated heterocycles. The summed E-state index contributed by atoms with van der Waals surface area (Å²) < 4.78 is 6.60. The summed E-state index contributed by atoms with van der Waals surface area (Å²) in [5, 5.41) is 12.1. The highest BCUT2D eigenvalue weighted by molar-refractivity contribution is 14.1. The summed E-state index contributed by atoms with van der Waals surface area (Å²) >= 11 is 4.99. The van der Waals surface area contributed by atoms with Gasteiger partial charge in [-0.3, -0.25) is 19.3 Å². The number of allylic oxidation sites excluding steroid dienone is 4. The highest BCUT2D eigenvalue weighted by Crippen LogP contribution is 2.32. The van der Waals surface area contributed by atoms with Gasteiger partial charge in [-0.1, -0.05) is 97.2 Å². The predicted molar refractivity (Wildman–Crippen MR) is 201 cm³/mol. The third-order valence-electron chi connectivity index (χ3n) is 6.58. The second kappa shape index (κ2) is 17.2. The summed E-state index contributed by atoms with van der Waals surface area (Å²) in [6, 6.07) is 22.1. The number of hydrogen-bond acceptors (Lipinski definition) is 6. The van der Waals surface area contributed by atoms with Crippen LogP contribution in [0.4, 0.5) is 0 Å². The number of hydrogen-bond donors (Lipinski definition) is 2. The molecule has 47 heavy (non-hydrogen) atoms. The summed E-state index contributed by atoms with van der Waals surface area (Å²) in [5.41, 5.74) is 2.60. The second-order valence-corrected chi connectivity index (χ2v) is 13.1. The first-order chi connectivity index (χ1) is 22.6. The number of carboxylic acid groups (broad SMARTS) is 1. The number of thioether (sulfide) groups is 1. The van der Waals surface area contributed by atoms with Crippen LogP contribution in [0.15, 0.2) is 120 Å². The number of nitrogens with zero attached hydrogens (tertiary/aromatic N) is 2. The number of benzene rings is 3. The van der Waals surface area contributed by atoms with E-state index in [1.165, 1.54) is 11.0 Å². The lowest BCUT2D eigenvalue weighted by Gasteiger charge is -2.28. The highest BCUT2D eigenvalue weighted by Gasteiger charge is 2.35. The number of amidine groups is 1. The van der Waals surface area contributed by atoms with Gasteiger partial charge in [0.2, 0.25) is 5.91 Å². The Bertz CT molecular complexity index is 1740. The molecule has 0 atom stereocenters. The van der Waals surface area contributed by atoms with E-state index >= 15 is 0 Å². The van der Waals surface area contributed by atoms with E-state index in [2.05, 4.69) is 16.9 Å². The fourth-order valence-electron chi connectivity index (χ4n) is 4.49. The van der Waals surface area contributed by atoms with Crippen molar-refractivity contribution in [1.82, 2.24) is 10.2 Å². The number of aliphatic imine (C=N–C) groups is 1. The first-order valence-electron chi connectivity index (χ1n) is 14.1. The van der Waals surface area contributed by atoms with E-state index in [-0.39, 0.29) is 22.4 Å². The number of ether oxygens (including phenoxy) is 1. The Labute approximate surface area is 303 Å². The zero-order valence-electron chi connectivity index (χ0n) is 25.1. The number of rotatable bonds is 12. The number of carboxylic acids is 1. The van der Waals surface area contributed by atoms with Crippen LogP contribution in [-0.4, -0.2) is 51.2 Å². The molecule has 0 aromatic heterocycles. The Morgan fingerprint density at radius 3 is 2.17 bits per heavy atom. The van der Waals surface area contributed by atoms with E-state index in [4.69, 9.17) is 9.84 Å². The average Bonchev–Trinajstić information content (AvgIpc) is 3.06. The molecule has 1 heterocycles. The number of aliphatic carboxylic acids is 1. The van der Waals surface area contributed by atoms with Gasteiger partial charge in [-0.2, -0.15) is 4.99 Å². The number of amides is 3. The van der Waals surface area contributed by atoms with Crippen molar-refractivity contribution < 1.29 is 29.0 Å². The van der Waals surface area contributed by atoms with Crippen molar-refractivity contribution in [2.45, 2.75) is 13.0 Å². The molecule has 0 aliphatic carbocycles. The van der Waals surface area contributed by atoms with Crippen LogP contribution < -0.4 is 10.1 Å². The monoisotopic (exact) mass is 873 g/mol. The first kappa shape index (κ1) is 35.8. The van der Waals surface area contributed by atoms with Gasteiger partial charge in [-0.05, 0) is 93.1 Å². The SMILES string of the molecule is C=C/C=C\C(=C/C)N1C(=O)/C(=C/c2cc(I)c(OCC(=O)O)c(I)c2)C(=O)N=C1SCC(=O)NC(c1ccccc1)c1ccccc1. The van der Waals surface area contributed by atoms with E-state index in [0.29, 0.717) is 24.2 Å². The van der Waals surface area contributed by atoms with E-state index in [9.17, 15) is 19.2 Å². The Hall–Kier alpha value is -4.02. The molecule has 240 valence electrons. The fraction of sp³-hybridized carbons (Fsp3) is 0.114. The summed E-state index contributed by atoms with van der Waals surface area (Å²) in [7, 11) is 0. The van der Waals surface area contributed by atoms with Crippen LogP contribution in [0.2, 0.25) is 0 Å². The quantitative estimate of drug-likeness (QED) is 0.0894. The smallest absolute Gasteiger partial charge is 0.341 e. The Kier molecular flexibility index (Phi) is 13.1. The van der Waals surface area contributed by atoms with Crippen molar-refractivity contribution in [3.8, 4) is 5.75 Å². The number of carbonyl (C=O) groups excluding carboxylic acids is 3. The maximum absolute atomic E-state index is 14.0. The molecule has 2 N–H and O–H groups in total. The van der Waals surface area contributed by atoms with Gasteiger partial charge >= 0.3 is 5.97 Å². The summed E-state index contributed by atoms with van der Waals surface area (Å²) in [4.78, 5) is 57.2. The molecule has 0 spiro atoms. The molecule has 0 bridgehead atoms. The molecule has 0 saturated carbocycles. The van der Waals surface area contributed by atoms with Crippen molar-refractivity contribution in [2.75, 3.05) is 12.4 Å². The first-order valence-corrected chi connectivity index (χ1v) is 17.3. The van der Waals surface area contributed by atoms with Crippen LogP contribution >= 0.6 is 56.9 Å². The zero-order chi connectivity index (χ0) is 33.9. The minimum atomic E-state index is -1.11. The summed E-state index contributed by atoms with van der Waals surface area (Å²) in [6.45, 7) is 4.94. The van der Waals surface area contributed by atoms with Gasteiger partial charge in [0.05, 0.1) is 18.9 Å². The van der Waals surface area contributed by atoms with Crippen molar-refractivity contribution >= 4 is 91.9 Å². The van der Waals surface area contributed by atoms with E-state index in [0.717, 1.165) is 22.9 Å². The van der Waals surface area contributed by atoms with Gasteiger partial charge in [0.1, 0.15) is 11.3 Å². The van der Waals surface area contributed by atoms with Gasteiger partial charge in [0.15, 0.2) is 11.8 Å². The minimum Gasteiger partial charge on any atom is -0.480 e. The zero-order valence-corrected chi connectivity index (χ0v) is 30.2. The average molecular weight is 874 g/mol. The van der Waals surface area contributed by atoms with Crippen molar-refractivity contribution in [3.05, 3.63) is 139 Å². The maximum atomic E-state index is 14.0. The Morgan fingerprint density at radius 1 is 1.04 bits per heavy atom. The van der Waals surface area contributed by atoms with E-state index < -0.39 is 30.4 Å². The molecule has 3 amide bonds. The third kappa shape index (κ3) is 9.51. The van der Waals surface area contributed by atoms with Crippen LogP contribution in [0.25, 0.3) is 6.08 Å². The van der Waals surface area contributed by atoms with Gasteiger partial charge in [0.25, 0.3) is 11.8 Å². The van der Waals surface area contributed by atoms with Crippen LogP contribution in [-0.2, 0) is 19.2 Å². The van der Waals surface area contributed by atoms with Crippen LogP contribution in [0.5, 0.6) is 5.75 Å². The molecule has 9 nitrogen and oxygen atoms in total. The predicted octanol–water partition coefficient (Wildman–Crippen LogP) is 6.75. The molecule has 3 aromatic rings. The number of carbonyl (C=O) groups is 4. The summed E-state index contributed by atoms with van der Waals surface area (Å²) in [5.74, 6) is -2.50. The Balaban J connectivity index is 1.63. The van der Waals surface area contributed by atoms with Crippen molar-refractivity contribution in [3.63, 3.8) is 0 Å². The lowest BCUT2D eigenvalue weighted by molar-refractivity contribution is -0.139. The molecule has 3 aromatic carbocycles. The number of halogens is 2. The maximum Gasteiger partial charge on any atom is 0.341 e. The van der Waals surface area contributed by atoms with Crippen LogP contribution in [0.3, 0.4) is 0 Å². The third-order valence-corrected chi connectivity index (χ3v) is 9.13. The molecule has 4 rings (SSSR count). The molecule has 0 fully saturated rings. The van der Waals surface area contributed by atoms with Crippen molar-refractivity contribution in [1.29, 1.82) is 0 Å². The molecule has 12 heteroatoms. The lowest BCUT2D eigenvalue weighted by Crippen LogP contribution is -2.42. The fourth-order valence-corrected chi connectivity index (χ4v) is 7.43. The van der Waals surface area contributed by atoms with Gasteiger partial charge in [-0.15, -0.1) is 0 Å². The minimum absolute atomic E-state index is 0.0617. The van der Waals surface area contributed by atoms with E-state index in [1.54, 1.807) is 43.4 Å². The molecule has 0 unspecified atom stereocenters. The lowest BCUT2D eigenvalue weighted by atomic mass is 9.99. The highest BCUT2D eigenvalue weighted by atomic mass is 127. The normalized spacial score (nSPS) is 14.5. The van der Waals surface area contributed by atoms with Crippen LogP contribution in [0, 0.1) is 7.14 Å². The Morgan fingerprint density at radius 2 is 1.64 bits per heavy atom. The number of nitrogens with one attached hydrogen (secondary N) is 1. The van der Waals surface area contributed by atoms with E-state index in [1.807, 2.05) is 106 Å². The topological polar surface area (TPSA) is 125 Å². The molecular formula is C35H29I2N3O6S. The van der Waals surface area contributed by atoms with Gasteiger partial charge in [-0.25, -0.2) is 4.79 Å². The van der Waals surface area contributed by atoms with Crippen molar-refractivity contribution in [2.24, 2.45) is 4.99 Å². The standard InChI is InChI=1S/C35H29I2N3O6S/c1-3-5-16-25(4-2)40-34(45)26(17-22-18-27(36)32(28(37)19-22)46-20-30(42)43)33(44)39-35(40)47-21-29(41)38-31(23-12-8-6-9-13-23)24-14-10-7-11-15-24/h3-19,31H,1,20-21H2,2H3,(H,38,41)(H,42,43)/b16-5-,25-4+,26-17+.